The Balaban J connectivity index is 0.939. The fraction of sp³-hybridized carbons (Fsp3) is 0. The van der Waals surface area contributed by atoms with Gasteiger partial charge in [-0.2, -0.15) is 0 Å². The van der Waals surface area contributed by atoms with Crippen molar-refractivity contribution in [2.24, 2.45) is 0 Å². The first-order valence-electron chi connectivity index (χ1n) is 26.5. The van der Waals surface area contributed by atoms with Crippen LogP contribution in [-0.4, -0.2) is 0 Å². The molecule has 0 radical (unpaired) electrons. The molecule has 350 valence electrons. The van der Waals surface area contributed by atoms with Crippen molar-refractivity contribution in [3.05, 3.63) is 279 Å². The molecule has 0 amide bonds. The highest BCUT2D eigenvalue weighted by molar-refractivity contribution is 6.32. The summed E-state index contributed by atoms with van der Waals surface area (Å²) >= 11 is 0. The van der Waals surface area contributed by atoms with E-state index in [0.717, 1.165) is 0 Å². The van der Waals surface area contributed by atoms with Crippen molar-refractivity contribution in [2.45, 2.75) is 0 Å². The quantitative estimate of drug-likeness (QED) is 0.149. The summed E-state index contributed by atoms with van der Waals surface area (Å²) in [6.45, 7) is 0. The van der Waals surface area contributed by atoms with E-state index >= 15 is 0 Å². The molecular weight excluding hydrogens is 913 g/mol. The normalized spacial score (nSPS) is 11.9. The van der Waals surface area contributed by atoms with E-state index < -0.39 is 0 Å². The molecule has 2 aliphatic carbocycles. The zero-order chi connectivity index (χ0) is 49.8. The van der Waals surface area contributed by atoms with E-state index in [2.05, 4.69) is 279 Å². The van der Waals surface area contributed by atoms with Crippen molar-refractivity contribution in [3.63, 3.8) is 0 Å². The Kier molecular flexibility index (Phi) is 9.44. The molecule has 0 nitrogen and oxygen atoms in total. The zero-order valence-electron chi connectivity index (χ0n) is 41.6. The molecule has 0 atom stereocenters. The predicted octanol–water partition coefficient (Wildman–Crippen LogP) is 21.3. The van der Waals surface area contributed by atoms with Gasteiger partial charge in [0.05, 0.1) is 0 Å². The maximum Gasteiger partial charge on any atom is -0.000741 e. The van der Waals surface area contributed by atoms with Crippen molar-refractivity contribution in [2.75, 3.05) is 0 Å². The second-order valence-corrected chi connectivity index (χ2v) is 20.5. The molecule has 0 heterocycles. The van der Waals surface area contributed by atoms with E-state index in [-0.39, 0.29) is 0 Å². The fourth-order valence-corrected chi connectivity index (χ4v) is 13.4. The van der Waals surface area contributed by atoms with Gasteiger partial charge in [0.1, 0.15) is 0 Å². The van der Waals surface area contributed by atoms with Crippen molar-refractivity contribution < 1.29 is 0 Å². The predicted molar refractivity (Wildman–Crippen MR) is 323 cm³/mol. The first-order valence-corrected chi connectivity index (χ1v) is 26.5. The summed E-state index contributed by atoms with van der Waals surface area (Å²) in [5.41, 5.74) is 27.8. The summed E-state index contributed by atoms with van der Waals surface area (Å²) in [4.78, 5) is 0. The molecule has 76 heavy (non-hydrogen) atoms. The van der Waals surface area contributed by atoms with Gasteiger partial charge in [0.2, 0.25) is 0 Å². The maximum absolute atomic E-state index is 2.44. The number of hydrogen-bond donors (Lipinski definition) is 0. The van der Waals surface area contributed by atoms with Crippen molar-refractivity contribution >= 4 is 43.1 Å². The van der Waals surface area contributed by atoms with Crippen molar-refractivity contribution in [3.8, 4) is 122 Å². The Morgan fingerprint density at radius 2 is 0.342 bits per heavy atom. The molecule has 14 aromatic rings. The molecular formula is C76H46. The van der Waals surface area contributed by atoms with Gasteiger partial charge in [-0.15, -0.1) is 0 Å². The minimum Gasteiger partial charge on any atom is -0.0622 e. The van der Waals surface area contributed by atoms with Crippen LogP contribution >= 0.6 is 0 Å². The third-order valence-electron chi connectivity index (χ3n) is 16.6. The molecule has 0 N–H and O–H groups in total. The van der Waals surface area contributed by atoms with Gasteiger partial charge >= 0.3 is 0 Å². The van der Waals surface area contributed by atoms with E-state index in [0.29, 0.717) is 0 Å². The number of fused-ring (bicyclic) bond motifs is 8. The molecule has 0 saturated carbocycles. The first kappa shape index (κ1) is 42.6. The Hall–Kier alpha value is -9.88. The SMILES string of the molecule is c1ccc(-c2ccc(-c3c4c(c(-c5ccccc5)c5ccccc35)-c3cccc5c(-c6ccc7c8c(cccc68)-c6c-7c(-c7ccc(-c8ccccc8)cc7)c7ccccc7c6-c6ccccc6)ccc-4c35)cc2)cc1. The van der Waals surface area contributed by atoms with E-state index in [1.807, 2.05) is 0 Å². The lowest BCUT2D eigenvalue weighted by atomic mass is 9.82. The lowest BCUT2D eigenvalue weighted by Crippen LogP contribution is -1.93. The Morgan fingerprint density at radius 1 is 0.118 bits per heavy atom. The standard InChI is InChI=1S/C76H46/c1-5-19-47(20-6-1)49-35-39-53(40-36-49)69-61-29-15-13-27-59(61)67(51-23-9-3-10-24-51)73-63-33-17-31-57-55(43-45-65(71(57)63)75(69)73)56-44-46-66-72-58(56)32-18-34-64(72)74-68(52-25-11-4-12-26-52)60-28-14-16-30-62(60)70(76(66)74)54-41-37-50(38-42-54)48-21-7-2-8-22-48/h1-46H. The Labute approximate surface area is 442 Å². The molecule has 0 spiro atoms. The van der Waals surface area contributed by atoms with Crippen LogP contribution in [0.5, 0.6) is 0 Å². The lowest BCUT2D eigenvalue weighted by molar-refractivity contribution is 1.60. The zero-order valence-corrected chi connectivity index (χ0v) is 41.6. The van der Waals surface area contributed by atoms with Crippen LogP contribution in [0.25, 0.3) is 165 Å². The Morgan fingerprint density at radius 3 is 0.671 bits per heavy atom. The summed E-state index contributed by atoms with van der Waals surface area (Å²) in [6, 6.07) is 104. The van der Waals surface area contributed by atoms with E-state index in [4.69, 9.17) is 0 Å². The van der Waals surface area contributed by atoms with Gasteiger partial charge in [-0.1, -0.05) is 279 Å². The van der Waals surface area contributed by atoms with Crippen LogP contribution in [0.15, 0.2) is 279 Å². The molecule has 16 rings (SSSR count). The number of hydrogen-bond acceptors (Lipinski definition) is 0. The summed E-state index contributed by atoms with van der Waals surface area (Å²) in [7, 11) is 0. The summed E-state index contributed by atoms with van der Waals surface area (Å²) < 4.78 is 0. The average Bonchev–Trinajstić information content (AvgIpc) is 4.22. The molecule has 0 fully saturated rings. The minimum absolute atomic E-state index is 1.22. The van der Waals surface area contributed by atoms with E-state index in [9.17, 15) is 0 Å². The van der Waals surface area contributed by atoms with Crippen LogP contribution in [0, 0.1) is 0 Å². The highest BCUT2D eigenvalue weighted by Crippen LogP contribution is 2.61. The number of benzene rings is 14. The maximum atomic E-state index is 2.44. The topological polar surface area (TPSA) is 0 Å². The van der Waals surface area contributed by atoms with Gasteiger partial charge in [0.25, 0.3) is 0 Å². The van der Waals surface area contributed by atoms with Crippen molar-refractivity contribution in [1.82, 2.24) is 0 Å². The molecule has 2 aliphatic rings. The second-order valence-electron chi connectivity index (χ2n) is 20.5. The Bertz CT molecular complexity index is 4360. The summed E-state index contributed by atoms with van der Waals surface area (Å²) in [5, 5.41) is 10.2. The van der Waals surface area contributed by atoms with Crippen LogP contribution < -0.4 is 0 Å². The molecule has 0 bridgehead atoms. The van der Waals surface area contributed by atoms with Crippen LogP contribution in [0.4, 0.5) is 0 Å². The van der Waals surface area contributed by atoms with Gasteiger partial charge in [-0.25, -0.2) is 0 Å². The molecule has 0 saturated heterocycles. The van der Waals surface area contributed by atoms with E-state index in [1.54, 1.807) is 0 Å². The van der Waals surface area contributed by atoms with Gasteiger partial charge in [-0.3, -0.25) is 0 Å². The largest absolute Gasteiger partial charge is 0.0622 e. The van der Waals surface area contributed by atoms with Crippen LogP contribution in [-0.2, 0) is 0 Å². The smallest absolute Gasteiger partial charge is 0.000741 e. The van der Waals surface area contributed by atoms with Crippen LogP contribution in [0.3, 0.4) is 0 Å². The highest BCUT2D eigenvalue weighted by Gasteiger charge is 2.34. The second kappa shape index (κ2) is 16.8. The monoisotopic (exact) mass is 958 g/mol. The van der Waals surface area contributed by atoms with Gasteiger partial charge in [-0.05, 0) is 165 Å². The van der Waals surface area contributed by atoms with Crippen LogP contribution in [0.2, 0.25) is 0 Å². The molecule has 0 aromatic heterocycles. The highest BCUT2D eigenvalue weighted by atomic mass is 14.4. The summed E-state index contributed by atoms with van der Waals surface area (Å²) in [5.74, 6) is 0. The summed E-state index contributed by atoms with van der Waals surface area (Å²) in [6.07, 6.45) is 0. The molecule has 0 heteroatoms. The molecule has 0 unspecified atom stereocenters. The minimum atomic E-state index is 1.22. The van der Waals surface area contributed by atoms with Gasteiger partial charge in [0.15, 0.2) is 0 Å². The lowest BCUT2D eigenvalue weighted by Gasteiger charge is -2.20. The van der Waals surface area contributed by atoms with Crippen LogP contribution in [0.1, 0.15) is 0 Å². The van der Waals surface area contributed by atoms with Crippen molar-refractivity contribution in [1.29, 1.82) is 0 Å². The third-order valence-corrected chi connectivity index (χ3v) is 16.6. The number of rotatable bonds is 7. The third kappa shape index (κ3) is 6.25. The average molecular weight is 959 g/mol. The van der Waals surface area contributed by atoms with Gasteiger partial charge in [0, 0.05) is 0 Å². The van der Waals surface area contributed by atoms with Gasteiger partial charge < -0.3 is 0 Å². The molecule has 14 aromatic carbocycles. The fourth-order valence-electron chi connectivity index (χ4n) is 13.4. The molecule has 0 aliphatic heterocycles. The first-order chi connectivity index (χ1) is 37.8. The van der Waals surface area contributed by atoms with E-state index in [1.165, 1.54) is 165 Å².